The summed E-state index contributed by atoms with van der Waals surface area (Å²) in [5.41, 5.74) is 8.63. The minimum absolute atomic E-state index is 0.295. The summed E-state index contributed by atoms with van der Waals surface area (Å²) < 4.78 is 20.8. The van der Waals surface area contributed by atoms with Crippen LogP contribution < -0.4 is 5.73 Å². The lowest BCUT2D eigenvalue weighted by atomic mass is 10.1. The molecule has 0 unspecified atom stereocenters. The van der Waals surface area contributed by atoms with E-state index in [0.29, 0.717) is 23.5 Å². The molecule has 0 fully saturated rings. The van der Waals surface area contributed by atoms with Crippen LogP contribution in [0.4, 0.5) is 10.2 Å². The van der Waals surface area contributed by atoms with Crippen molar-refractivity contribution in [1.82, 2.24) is 9.78 Å². The molecule has 0 radical (unpaired) electrons. The summed E-state index contributed by atoms with van der Waals surface area (Å²) in [6.45, 7) is 1.14. The Balaban J connectivity index is 2.14. The van der Waals surface area contributed by atoms with E-state index in [4.69, 9.17) is 10.5 Å². The highest BCUT2D eigenvalue weighted by molar-refractivity contribution is 9.10. The first kappa shape index (κ1) is 11.7. The third kappa shape index (κ3) is 1.81. The predicted molar refractivity (Wildman–Crippen MR) is 69.0 cm³/mol. The lowest BCUT2D eigenvalue weighted by Gasteiger charge is -2.14. The second-order valence-electron chi connectivity index (χ2n) is 4.12. The van der Waals surface area contributed by atoms with Crippen molar-refractivity contribution >= 4 is 21.7 Å². The molecule has 94 valence electrons. The van der Waals surface area contributed by atoms with Gasteiger partial charge in [-0.25, -0.2) is 9.07 Å². The topological polar surface area (TPSA) is 53.1 Å². The number of rotatable bonds is 1. The molecule has 6 heteroatoms. The van der Waals surface area contributed by atoms with Crippen molar-refractivity contribution in [3.05, 3.63) is 39.7 Å². The van der Waals surface area contributed by atoms with E-state index >= 15 is 0 Å². The molecule has 0 saturated heterocycles. The standard InChI is InChI=1S/C12H11BrFN3O/c13-9-5-7(1-2-10(9)14)17-11-3-4-18-6-8(11)12(15)16-17/h1-2,5H,3-4,6H2,(H2,15,16). The van der Waals surface area contributed by atoms with E-state index in [1.165, 1.54) is 6.07 Å². The first-order chi connectivity index (χ1) is 8.66. The molecular weight excluding hydrogens is 301 g/mol. The number of nitrogen functional groups attached to an aromatic ring is 1. The normalized spacial score (nSPS) is 14.6. The number of benzene rings is 1. The van der Waals surface area contributed by atoms with Gasteiger partial charge < -0.3 is 10.5 Å². The SMILES string of the molecule is Nc1nn(-c2ccc(F)c(Br)c2)c2c1COCC2. The maximum absolute atomic E-state index is 13.2. The van der Waals surface area contributed by atoms with Crippen molar-refractivity contribution in [1.29, 1.82) is 0 Å². The van der Waals surface area contributed by atoms with E-state index in [9.17, 15) is 4.39 Å². The van der Waals surface area contributed by atoms with Crippen LogP contribution in [0.25, 0.3) is 5.69 Å². The molecular formula is C12H11BrFN3O. The molecule has 1 aromatic carbocycles. The Morgan fingerprint density at radius 3 is 3.06 bits per heavy atom. The molecule has 4 nitrogen and oxygen atoms in total. The number of nitrogens with two attached hydrogens (primary N) is 1. The van der Waals surface area contributed by atoms with E-state index in [1.807, 2.05) is 0 Å². The zero-order chi connectivity index (χ0) is 12.7. The number of hydrogen-bond acceptors (Lipinski definition) is 3. The van der Waals surface area contributed by atoms with Crippen LogP contribution in [0, 0.1) is 5.82 Å². The van der Waals surface area contributed by atoms with Crippen LogP contribution in [-0.2, 0) is 17.8 Å². The van der Waals surface area contributed by atoms with Crippen LogP contribution in [0.15, 0.2) is 22.7 Å². The van der Waals surface area contributed by atoms with Gasteiger partial charge in [0.05, 0.1) is 29.1 Å². The molecule has 3 rings (SSSR count). The van der Waals surface area contributed by atoms with Crippen LogP contribution in [0.2, 0.25) is 0 Å². The quantitative estimate of drug-likeness (QED) is 0.880. The zero-order valence-electron chi connectivity index (χ0n) is 9.49. The van der Waals surface area contributed by atoms with Gasteiger partial charge in [0.15, 0.2) is 5.82 Å². The van der Waals surface area contributed by atoms with Crippen LogP contribution in [0.5, 0.6) is 0 Å². The van der Waals surface area contributed by atoms with Gasteiger partial charge in [-0.3, -0.25) is 0 Å². The summed E-state index contributed by atoms with van der Waals surface area (Å²) in [7, 11) is 0. The summed E-state index contributed by atoms with van der Waals surface area (Å²) >= 11 is 3.17. The van der Waals surface area contributed by atoms with Crippen LogP contribution >= 0.6 is 15.9 Å². The molecule has 1 aromatic heterocycles. The number of fused-ring (bicyclic) bond motifs is 1. The van der Waals surface area contributed by atoms with Gasteiger partial charge >= 0.3 is 0 Å². The second-order valence-corrected chi connectivity index (χ2v) is 4.98. The van der Waals surface area contributed by atoms with Crippen molar-refractivity contribution < 1.29 is 9.13 Å². The van der Waals surface area contributed by atoms with Crippen LogP contribution in [0.1, 0.15) is 11.3 Å². The van der Waals surface area contributed by atoms with Crippen LogP contribution in [0.3, 0.4) is 0 Å². The first-order valence-corrected chi connectivity index (χ1v) is 6.35. The summed E-state index contributed by atoms with van der Waals surface area (Å²) in [5.74, 6) is 0.182. The highest BCUT2D eigenvalue weighted by atomic mass is 79.9. The van der Waals surface area contributed by atoms with Gasteiger partial charge in [-0.15, -0.1) is 0 Å². The molecule has 1 aliphatic rings. The fraction of sp³-hybridized carbons (Fsp3) is 0.250. The van der Waals surface area contributed by atoms with Gasteiger partial charge in [-0.2, -0.15) is 5.10 Å². The Labute approximate surface area is 112 Å². The Kier molecular flexibility index (Phi) is 2.83. The molecule has 0 bridgehead atoms. The highest BCUT2D eigenvalue weighted by Crippen LogP contribution is 2.27. The van der Waals surface area contributed by atoms with Crippen molar-refractivity contribution in [2.24, 2.45) is 0 Å². The van der Waals surface area contributed by atoms with E-state index in [-0.39, 0.29) is 5.82 Å². The molecule has 0 amide bonds. The van der Waals surface area contributed by atoms with Gasteiger partial charge in [0.2, 0.25) is 0 Å². The largest absolute Gasteiger partial charge is 0.382 e. The molecule has 0 saturated carbocycles. The third-order valence-corrected chi connectivity index (χ3v) is 3.61. The maximum atomic E-state index is 13.2. The highest BCUT2D eigenvalue weighted by Gasteiger charge is 2.20. The summed E-state index contributed by atoms with van der Waals surface area (Å²) in [4.78, 5) is 0. The summed E-state index contributed by atoms with van der Waals surface area (Å²) in [5, 5.41) is 4.30. The van der Waals surface area contributed by atoms with E-state index < -0.39 is 0 Å². The summed E-state index contributed by atoms with van der Waals surface area (Å²) in [6.07, 6.45) is 0.758. The molecule has 2 heterocycles. The second kappa shape index (κ2) is 4.37. The molecule has 2 N–H and O–H groups in total. The monoisotopic (exact) mass is 311 g/mol. The van der Waals surface area contributed by atoms with Gasteiger partial charge in [0, 0.05) is 12.0 Å². The zero-order valence-corrected chi connectivity index (χ0v) is 11.1. The minimum Gasteiger partial charge on any atom is -0.382 e. The molecule has 18 heavy (non-hydrogen) atoms. The Bertz CT molecular complexity index is 612. The number of hydrogen-bond donors (Lipinski definition) is 1. The average Bonchev–Trinajstić information content (AvgIpc) is 2.71. The predicted octanol–water partition coefficient (Wildman–Crippen LogP) is 2.43. The van der Waals surface area contributed by atoms with Gasteiger partial charge in [-0.05, 0) is 34.1 Å². The smallest absolute Gasteiger partial charge is 0.151 e. The lowest BCUT2D eigenvalue weighted by molar-refractivity contribution is 0.110. The molecule has 0 aliphatic carbocycles. The van der Waals surface area contributed by atoms with Crippen molar-refractivity contribution in [3.63, 3.8) is 0 Å². The summed E-state index contributed by atoms with van der Waals surface area (Å²) in [6, 6.07) is 4.78. The third-order valence-electron chi connectivity index (χ3n) is 3.00. The van der Waals surface area contributed by atoms with Gasteiger partial charge in [-0.1, -0.05) is 0 Å². The Hall–Kier alpha value is -1.40. The lowest BCUT2D eigenvalue weighted by Crippen LogP contribution is -2.13. The molecule has 1 aliphatic heterocycles. The van der Waals surface area contributed by atoms with Crippen LogP contribution in [-0.4, -0.2) is 16.4 Å². The molecule has 0 spiro atoms. The number of anilines is 1. The average molecular weight is 312 g/mol. The van der Waals surface area contributed by atoms with Gasteiger partial charge in [0.1, 0.15) is 5.82 Å². The van der Waals surface area contributed by atoms with Crippen molar-refractivity contribution in [2.45, 2.75) is 13.0 Å². The van der Waals surface area contributed by atoms with E-state index in [0.717, 1.165) is 23.4 Å². The van der Waals surface area contributed by atoms with E-state index in [2.05, 4.69) is 21.0 Å². The maximum Gasteiger partial charge on any atom is 0.151 e. The minimum atomic E-state index is -0.295. The van der Waals surface area contributed by atoms with E-state index in [1.54, 1.807) is 16.8 Å². The van der Waals surface area contributed by atoms with Crippen molar-refractivity contribution in [2.75, 3.05) is 12.3 Å². The fourth-order valence-electron chi connectivity index (χ4n) is 2.09. The Morgan fingerprint density at radius 2 is 2.28 bits per heavy atom. The Morgan fingerprint density at radius 1 is 1.44 bits per heavy atom. The first-order valence-electron chi connectivity index (χ1n) is 5.56. The number of ether oxygens (including phenoxy) is 1. The van der Waals surface area contributed by atoms with Gasteiger partial charge in [0.25, 0.3) is 0 Å². The number of halogens is 2. The fourth-order valence-corrected chi connectivity index (χ4v) is 2.46. The number of nitrogens with zero attached hydrogens (tertiary/aromatic N) is 2. The molecule has 2 aromatic rings. The number of aromatic nitrogens is 2. The van der Waals surface area contributed by atoms with Crippen molar-refractivity contribution in [3.8, 4) is 5.69 Å². The molecule has 0 atom stereocenters.